The van der Waals surface area contributed by atoms with E-state index in [0.29, 0.717) is 22.1 Å². The van der Waals surface area contributed by atoms with Crippen LogP contribution < -0.4 is 15.4 Å². The molecule has 1 amide bonds. The average molecular weight is 482 g/mol. The second-order valence-corrected chi connectivity index (χ2v) is 8.98. The fraction of sp³-hybridized carbons (Fsp3) is 0.423. The zero-order valence-electron chi connectivity index (χ0n) is 19.7. The zero-order valence-corrected chi connectivity index (χ0v) is 20.5. The van der Waals surface area contributed by atoms with Crippen LogP contribution in [0.4, 0.5) is 0 Å². The molecule has 0 aliphatic carbocycles. The van der Waals surface area contributed by atoms with Crippen LogP contribution in [-0.4, -0.2) is 48.2 Å². The van der Waals surface area contributed by atoms with E-state index in [9.17, 15) is 9.59 Å². The van der Waals surface area contributed by atoms with Gasteiger partial charge in [-0.1, -0.05) is 43.2 Å². The number of carbonyl (C=O) groups is 2. The third-order valence-corrected chi connectivity index (χ3v) is 6.51. The van der Waals surface area contributed by atoms with Gasteiger partial charge in [-0.05, 0) is 55.7 Å². The Balaban J connectivity index is 1.72. The lowest BCUT2D eigenvalue weighted by Gasteiger charge is -2.31. The Kier molecular flexibility index (Phi) is 7.67. The Morgan fingerprint density at radius 3 is 2.56 bits per heavy atom. The first kappa shape index (κ1) is 24.0. The maximum atomic E-state index is 12.9. The van der Waals surface area contributed by atoms with Crippen molar-refractivity contribution in [1.82, 2.24) is 15.5 Å². The maximum Gasteiger partial charge on any atom is 0.338 e. The normalized spacial score (nSPS) is 18.7. The van der Waals surface area contributed by atoms with Gasteiger partial charge in [0.05, 0.1) is 18.2 Å². The molecule has 2 aliphatic heterocycles. The van der Waals surface area contributed by atoms with Gasteiger partial charge in [0.15, 0.2) is 11.7 Å². The molecule has 2 heterocycles. The van der Waals surface area contributed by atoms with Crippen LogP contribution in [0.3, 0.4) is 0 Å². The molecule has 34 heavy (non-hydrogen) atoms. The molecule has 4 rings (SSSR count). The highest BCUT2D eigenvalue weighted by Crippen LogP contribution is 2.39. The van der Waals surface area contributed by atoms with Crippen LogP contribution in [0.25, 0.3) is 10.8 Å². The maximum absolute atomic E-state index is 12.9. The molecule has 0 saturated carbocycles. The summed E-state index contributed by atoms with van der Waals surface area (Å²) in [5.74, 6) is 0.0952. The summed E-state index contributed by atoms with van der Waals surface area (Å²) in [6.45, 7) is 5.32. The number of fused-ring (bicyclic) bond motifs is 1. The standard InChI is InChI=1S/C26H31N3O4S/c1-3-32-25(31)22-17(2)27-26(34)28-24(22)23-19-11-7-6-10-18(19)12-13-20(23)33-16-21(30)29-14-8-4-5-9-15-29/h6-7,10-13,24H,3-5,8-9,14-16H2,1-2H3,(H2,27,28,34)/t24-/m1/s1. The minimum absolute atomic E-state index is 0.0212. The van der Waals surface area contributed by atoms with Gasteiger partial charge < -0.3 is 25.0 Å². The van der Waals surface area contributed by atoms with Crippen LogP contribution in [0.15, 0.2) is 47.7 Å². The van der Waals surface area contributed by atoms with E-state index in [-0.39, 0.29) is 19.1 Å². The smallest absolute Gasteiger partial charge is 0.338 e. The molecule has 0 spiro atoms. The SMILES string of the molecule is CCOC(=O)C1=C(C)NC(=S)N[C@H]1c1c(OCC(=O)N2CCCCCC2)ccc2ccccc12. The van der Waals surface area contributed by atoms with Crippen molar-refractivity contribution in [2.24, 2.45) is 0 Å². The molecule has 2 aromatic rings. The number of nitrogens with zero attached hydrogens (tertiary/aromatic N) is 1. The number of hydrogen-bond donors (Lipinski definition) is 2. The predicted molar refractivity (Wildman–Crippen MR) is 135 cm³/mol. The second-order valence-electron chi connectivity index (χ2n) is 8.57. The Morgan fingerprint density at radius 2 is 1.82 bits per heavy atom. The van der Waals surface area contributed by atoms with Crippen LogP contribution in [-0.2, 0) is 14.3 Å². The number of amides is 1. The lowest BCUT2D eigenvalue weighted by atomic mass is 9.90. The Labute approximate surface area is 205 Å². The van der Waals surface area contributed by atoms with Crippen molar-refractivity contribution < 1.29 is 19.1 Å². The van der Waals surface area contributed by atoms with Gasteiger partial charge in [-0.15, -0.1) is 0 Å². The van der Waals surface area contributed by atoms with Crippen LogP contribution >= 0.6 is 12.2 Å². The number of benzene rings is 2. The summed E-state index contributed by atoms with van der Waals surface area (Å²) in [6.07, 6.45) is 4.36. The quantitative estimate of drug-likeness (QED) is 0.477. The third-order valence-electron chi connectivity index (χ3n) is 6.29. The lowest BCUT2D eigenvalue weighted by Crippen LogP contribution is -2.45. The molecule has 180 valence electrons. The number of nitrogens with one attached hydrogen (secondary N) is 2. The molecule has 2 aromatic carbocycles. The number of likely N-dealkylation sites (tertiary alicyclic amines) is 1. The first-order valence-corrected chi connectivity index (χ1v) is 12.3. The summed E-state index contributed by atoms with van der Waals surface area (Å²) in [7, 11) is 0. The van der Waals surface area contributed by atoms with Crippen molar-refractivity contribution >= 4 is 40.0 Å². The molecule has 1 atom stereocenters. The molecular formula is C26H31N3O4S. The summed E-state index contributed by atoms with van der Waals surface area (Å²) < 4.78 is 11.5. The summed E-state index contributed by atoms with van der Waals surface area (Å²) in [6, 6.07) is 11.1. The zero-order chi connectivity index (χ0) is 24.1. The third kappa shape index (κ3) is 5.17. The lowest BCUT2D eigenvalue weighted by molar-refractivity contribution is -0.139. The van der Waals surface area contributed by atoms with Gasteiger partial charge in [0.25, 0.3) is 5.91 Å². The van der Waals surface area contributed by atoms with Gasteiger partial charge in [-0.3, -0.25) is 4.79 Å². The first-order valence-electron chi connectivity index (χ1n) is 11.9. The molecule has 0 bridgehead atoms. The summed E-state index contributed by atoms with van der Waals surface area (Å²) in [5, 5.41) is 8.59. The number of esters is 1. The fourth-order valence-electron chi connectivity index (χ4n) is 4.64. The van der Waals surface area contributed by atoms with Crippen molar-refractivity contribution in [3.63, 3.8) is 0 Å². The molecule has 2 N–H and O–H groups in total. The van der Waals surface area contributed by atoms with E-state index < -0.39 is 12.0 Å². The van der Waals surface area contributed by atoms with Crippen LogP contribution in [0, 0.1) is 0 Å². The van der Waals surface area contributed by atoms with E-state index in [1.165, 1.54) is 0 Å². The number of allylic oxidation sites excluding steroid dienone is 1. The highest BCUT2D eigenvalue weighted by molar-refractivity contribution is 7.80. The van der Waals surface area contributed by atoms with Crippen molar-refractivity contribution in [2.45, 2.75) is 45.6 Å². The highest BCUT2D eigenvalue weighted by atomic mass is 32.1. The molecule has 1 saturated heterocycles. The molecule has 0 aromatic heterocycles. The van der Waals surface area contributed by atoms with Gasteiger partial charge in [0.1, 0.15) is 5.75 Å². The van der Waals surface area contributed by atoms with Crippen molar-refractivity contribution in [3.05, 3.63) is 53.2 Å². The Bertz CT molecular complexity index is 1120. The largest absolute Gasteiger partial charge is 0.483 e. The monoisotopic (exact) mass is 481 g/mol. The predicted octanol–water partition coefficient (Wildman–Crippen LogP) is 3.98. The van der Waals surface area contributed by atoms with Crippen molar-refractivity contribution in [3.8, 4) is 5.75 Å². The Morgan fingerprint density at radius 1 is 1.09 bits per heavy atom. The van der Waals surface area contributed by atoms with Crippen molar-refractivity contribution in [1.29, 1.82) is 0 Å². The number of ether oxygens (including phenoxy) is 2. The van der Waals surface area contributed by atoms with E-state index >= 15 is 0 Å². The van der Waals surface area contributed by atoms with Gasteiger partial charge >= 0.3 is 5.97 Å². The van der Waals surface area contributed by atoms with Gasteiger partial charge in [0.2, 0.25) is 0 Å². The number of thiocarbonyl (C=S) groups is 1. The molecular weight excluding hydrogens is 450 g/mol. The van der Waals surface area contributed by atoms with Crippen molar-refractivity contribution in [2.75, 3.05) is 26.3 Å². The second kappa shape index (κ2) is 10.9. The molecule has 1 fully saturated rings. The number of rotatable bonds is 6. The summed E-state index contributed by atoms with van der Waals surface area (Å²) in [5.41, 5.74) is 1.83. The molecule has 0 radical (unpaired) electrons. The van der Waals surface area contributed by atoms with E-state index in [4.69, 9.17) is 21.7 Å². The number of hydrogen-bond acceptors (Lipinski definition) is 5. The van der Waals surface area contributed by atoms with Crippen LogP contribution in [0.5, 0.6) is 5.75 Å². The van der Waals surface area contributed by atoms with E-state index in [1.54, 1.807) is 13.8 Å². The van der Waals surface area contributed by atoms with Gasteiger partial charge in [-0.25, -0.2) is 4.79 Å². The highest BCUT2D eigenvalue weighted by Gasteiger charge is 2.34. The minimum atomic E-state index is -0.581. The molecule has 8 heteroatoms. The van der Waals surface area contributed by atoms with E-state index in [1.807, 2.05) is 41.3 Å². The fourth-order valence-corrected chi connectivity index (χ4v) is 4.91. The van der Waals surface area contributed by atoms with E-state index in [2.05, 4.69) is 10.6 Å². The van der Waals surface area contributed by atoms with Gasteiger partial charge in [0, 0.05) is 24.4 Å². The molecule has 0 unspecified atom stereocenters. The first-order chi connectivity index (χ1) is 16.5. The van der Waals surface area contributed by atoms with Crippen LogP contribution in [0.2, 0.25) is 0 Å². The summed E-state index contributed by atoms with van der Waals surface area (Å²) in [4.78, 5) is 27.7. The van der Waals surface area contributed by atoms with Crippen LogP contribution in [0.1, 0.15) is 51.1 Å². The van der Waals surface area contributed by atoms with Gasteiger partial charge in [-0.2, -0.15) is 0 Å². The average Bonchev–Trinajstić information content (AvgIpc) is 3.11. The minimum Gasteiger partial charge on any atom is -0.483 e. The summed E-state index contributed by atoms with van der Waals surface area (Å²) >= 11 is 5.42. The number of carbonyl (C=O) groups excluding carboxylic acids is 2. The Hall–Kier alpha value is -3.13. The van der Waals surface area contributed by atoms with E-state index in [0.717, 1.165) is 55.1 Å². The molecule has 2 aliphatic rings. The molecule has 7 nitrogen and oxygen atoms in total. The topological polar surface area (TPSA) is 79.9 Å².